The largest absolute Gasteiger partial charge is 0.453 e. The predicted molar refractivity (Wildman–Crippen MR) is 216 cm³/mol. The van der Waals surface area contributed by atoms with Crippen molar-refractivity contribution in [2.75, 3.05) is 4.90 Å². The molecule has 0 atom stereocenters. The molecule has 250 valence electrons. The van der Waals surface area contributed by atoms with Gasteiger partial charge in [0.15, 0.2) is 23.0 Å². The van der Waals surface area contributed by atoms with Gasteiger partial charge in [0, 0.05) is 38.8 Å². The van der Waals surface area contributed by atoms with Gasteiger partial charge in [0.25, 0.3) is 0 Å². The van der Waals surface area contributed by atoms with E-state index >= 15 is 0 Å². The van der Waals surface area contributed by atoms with Crippen LogP contribution in [0.4, 0.5) is 17.1 Å². The van der Waals surface area contributed by atoms with Crippen LogP contribution in [-0.2, 0) is 5.41 Å². The summed E-state index contributed by atoms with van der Waals surface area (Å²) in [4.78, 5) is 2.39. The average Bonchev–Trinajstić information content (AvgIpc) is 3.66. The summed E-state index contributed by atoms with van der Waals surface area (Å²) in [6.45, 7) is 4.67. The molecule has 12 rings (SSSR count). The van der Waals surface area contributed by atoms with Gasteiger partial charge >= 0.3 is 0 Å². The molecular weight excluding hydrogens is 649 g/mol. The van der Waals surface area contributed by atoms with Gasteiger partial charge in [-0.2, -0.15) is 0 Å². The number of fused-ring (bicyclic) bond motifs is 5. The molecule has 8 aromatic carbocycles. The van der Waals surface area contributed by atoms with Crippen LogP contribution >= 0.6 is 0 Å². The quantitative estimate of drug-likeness (QED) is 0.185. The molecule has 0 radical (unpaired) electrons. The van der Waals surface area contributed by atoms with Crippen LogP contribution in [0.1, 0.15) is 25.0 Å². The Morgan fingerprint density at radius 2 is 1.15 bits per heavy atom. The van der Waals surface area contributed by atoms with Crippen molar-refractivity contribution in [3.63, 3.8) is 0 Å². The second-order valence-corrected chi connectivity index (χ2v) is 14.9. The van der Waals surface area contributed by atoms with Crippen molar-refractivity contribution >= 4 is 49.6 Å². The van der Waals surface area contributed by atoms with E-state index in [9.17, 15) is 0 Å². The normalized spacial score (nSPS) is 13.9. The Bertz CT molecular complexity index is 3040. The third-order valence-electron chi connectivity index (χ3n) is 11.7. The number of ether oxygens (including phenoxy) is 2. The number of hydrogen-bond donors (Lipinski definition) is 0. The zero-order valence-corrected chi connectivity index (χ0v) is 29.2. The van der Waals surface area contributed by atoms with Gasteiger partial charge in [-0.15, -0.1) is 0 Å². The third-order valence-corrected chi connectivity index (χ3v) is 11.7. The Hall–Kier alpha value is -6.78. The highest BCUT2D eigenvalue weighted by Crippen LogP contribution is 2.56. The Balaban J connectivity index is 1.03. The fraction of sp³-hybridized carbons (Fsp3) is 0.0612. The fourth-order valence-corrected chi connectivity index (χ4v) is 9.25. The first-order valence-corrected chi connectivity index (χ1v) is 18.3. The standard InChI is InChI=1S/C49H32N2O2/c1-49(2)40-13-6-5-11-36(40)39-28-34(23-26-41(39)49)50(33-22-17-29-9-3-4-10-31(29)27-33)32-20-18-30(19-21-32)35-24-25-38-37-12-7-14-42-45(37)51-46(38)48(35)53-44-16-8-15-43(52-42)47(44)51/h3-28H,1-2H3. The van der Waals surface area contributed by atoms with E-state index in [1.165, 1.54) is 33.0 Å². The summed E-state index contributed by atoms with van der Waals surface area (Å²) in [7, 11) is 0. The topological polar surface area (TPSA) is 26.6 Å². The molecule has 0 spiro atoms. The Morgan fingerprint density at radius 1 is 0.472 bits per heavy atom. The number of benzene rings is 8. The van der Waals surface area contributed by atoms with E-state index in [1.54, 1.807) is 0 Å². The number of hydrogen-bond acceptors (Lipinski definition) is 3. The molecule has 2 aliphatic heterocycles. The van der Waals surface area contributed by atoms with Crippen molar-refractivity contribution in [3.05, 3.63) is 169 Å². The molecular formula is C49H32N2O2. The first-order valence-electron chi connectivity index (χ1n) is 18.3. The zero-order chi connectivity index (χ0) is 35.0. The summed E-state index contributed by atoms with van der Waals surface area (Å²) in [6.07, 6.45) is 0. The van der Waals surface area contributed by atoms with Crippen molar-refractivity contribution in [2.45, 2.75) is 19.3 Å². The average molecular weight is 681 g/mol. The van der Waals surface area contributed by atoms with Crippen LogP contribution < -0.4 is 14.4 Å². The van der Waals surface area contributed by atoms with Gasteiger partial charge < -0.3 is 14.4 Å². The second-order valence-electron chi connectivity index (χ2n) is 14.9. The first-order chi connectivity index (χ1) is 26.0. The van der Waals surface area contributed by atoms with Crippen LogP contribution in [0.2, 0.25) is 0 Å². The van der Waals surface area contributed by atoms with Crippen LogP contribution in [0.25, 0.3) is 60.5 Å². The molecule has 0 unspecified atom stereocenters. The molecule has 0 saturated carbocycles. The first kappa shape index (κ1) is 28.9. The van der Waals surface area contributed by atoms with Crippen molar-refractivity contribution in [2.24, 2.45) is 0 Å². The maximum Gasteiger partial charge on any atom is 0.160 e. The van der Waals surface area contributed by atoms with Gasteiger partial charge in [0.1, 0.15) is 5.69 Å². The molecule has 4 heteroatoms. The van der Waals surface area contributed by atoms with Crippen molar-refractivity contribution in [1.29, 1.82) is 0 Å². The molecule has 0 amide bonds. The summed E-state index contributed by atoms with van der Waals surface area (Å²) < 4.78 is 15.5. The number of nitrogens with zero attached hydrogens (tertiary/aromatic N) is 2. The van der Waals surface area contributed by atoms with Crippen LogP contribution in [0.5, 0.6) is 23.0 Å². The number of rotatable bonds is 4. The van der Waals surface area contributed by atoms with E-state index in [0.717, 1.165) is 78.7 Å². The fourth-order valence-electron chi connectivity index (χ4n) is 9.25. The number of aromatic nitrogens is 1. The summed E-state index contributed by atoms with van der Waals surface area (Å²) in [5.74, 6) is 3.36. The lowest BCUT2D eigenvalue weighted by Crippen LogP contribution is -2.15. The van der Waals surface area contributed by atoms with Crippen molar-refractivity contribution in [1.82, 2.24) is 4.57 Å². The number of para-hydroxylation sites is 2. The van der Waals surface area contributed by atoms with Gasteiger partial charge in [-0.3, -0.25) is 4.57 Å². The Kier molecular flexibility index (Phi) is 5.54. The van der Waals surface area contributed by atoms with E-state index in [2.05, 4.69) is 163 Å². The van der Waals surface area contributed by atoms with Crippen LogP contribution in [0.15, 0.2) is 158 Å². The second kappa shape index (κ2) is 10.2. The van der Waals surface area contributed by atoms with Crippen molar-refractivity contribution < 1.29 is 9.47 Å². The molecule has 1 aromatic heterocycles. The third kappa shape index (κ3) is 3.84. The van der Waals surface area contributed by atoms with E-state index < -0.39 is 0 Å². The SMILES string of the molecule is CC1(C)c2ccccc2-c2cc(N(c3ccc(-c4ccc5c6cccc7c6n6c5c4Oc4cccc(c4-6)O7)cc3)c3ccc4ccccc4c3)ccc21. The molecule has 0 N–H and O–H groups in total. The molecule has 0 bridgehead atoms. The molecule has 53 heavy (non-hydrogen) atoms. The molecule has 3 aliphatic rings. The van der Waals surface area contributed by atoms with Crippen LogP contribution in [0.3, 0.4) is 0 Å². The highest BCUT2D eigenvalue weighted by Gasteiger charge is 2.36. The maximum atomic E-state index is 6.81. The van der Waals surface area contributed by atoms with Gasteiger partial charge in [-0.25, -0.2) is 0 Å². The van der Waals surface area contributed by atoms with Crippen molar-refractivity contribution in [3.8, 4) is 50.9 Å². The lowest BCUT2D eigenvalue weighted by molar-refractivity contribution is 0.445. The molecule has 4 nitrogen and oxygen atoms in total. The lowest BCUT2D eigenvalue weighted by Gasteiger charge is -2.28. The zero-order valence-electron chi connectivity index (χ0n) is 29.2. The summed E-state index contributed by atoms with van der Waals surface area (Å²) in [5, 5.41) is 4.76. The van der Waals surface area contributed by atoms with Crippen LogP contribution in [0, 0.1) is 0 Å². The Labute approximate surface area is 306 Å². The lowest BCUT2D eigenvalue weighted by atomic mass is 9.82. The summed E-state index contributed by atoms with van der Waals surface area (Å²) in [6, 6.07) is 56.9. The highest BCUT2D eigenvalue weighted by atomic mass is 16.5. The van der Waals surface area contributed by atoms with Crippen LogP contribution in [-0.4, -0.2) is 4.57 Å². The molecule has 0 saturated heterocycles. The number of anilines is 3. The highest BCUT2D eigenvalue weighted by molar-refractivity contribution is 6.16. The van der Waals surface area contributed by atoms with Gasteiger partial charge in [-0.1, -0.05) is 111 Å². The maximum absolute atomic E-state index is 6.81. The van der Waals surface area contributed by atoms with E-state index in [0.29, 0.717) is 0 Å². The smallest absolute Gasteiger partial charge is 0.160 e. The van der Waals surface area contributed by atoms with Gasteiger partial charge in [-0.05, 0) is 99.3 Å². The predicted octanol–water partition coefficient (Wildman–Crippen LogP) is 13.6. The van der Waals surface area contributed by atoms with E-state index in [-0.39, 0.29) is 5.41 Å². The molecule has 1 aliphatic carbocycles. The monoisotopic (exact) mass is 680 g/mol. The molecule has 9 aromatic rings. The Morgan fingerprint density at radius 3 is 2.04 bits per heavy atom. The molecule has 0 fully saturated rings. The minimum atomic E-state index is -0.0512. The van der Waals surface area contributed by atoms with E-state index in [4.69, 9.17) is 9.47 Å². The van der Waals surface area contributed by atoms with E-state index in [1.807, 2.05) is 18.2 Å². The van der Waals surface area contributed by atoms with Gasteiger partial charge in [0.05, 0.1) is 11.0 Å². The minimum Gasteiger partial charge on any atom is -0.453 e. The summed E-state index contributed by atoms with van der Waals surface area (Å²) >= 11 is 0. The van der Waals surface area contributed by atoms with Gasteiger partial charge in [0.2, 0.25) is 0 Å². The molecule has 3 heterocycles. The minimum absolute atomic E-state index is 0.0512. The summed E-state index contributed by atoms with van der Waals surface area (Å²) in [5.41, 5.74) is 13.9.